The highest BCUT2D eigenvalue weighted by Gasteiger charge is 2.24. The average Bonchev–Trinajstić information content (AvgIpc) is 2.44. The van der Waals surface area contributed by atoms with Gasteiger partial charge in [0.1, 0.15) is 11.3 Å². The van der Waals surface area contributed by atoms with Gasteiger partial charge in [-0.05, 0) is 25.5 Å². The molecule has 1 rings (SSSR count). The quantitative estimate of drug-likeness (QED) is 0.631. The number of carbonyl (C=O) groups is 2. The third kappa shape index (κ3) is 3.88. The highest BCUT2D eigenvalue weighted by atomic mass is 16.6. The van der Waals surface area contributed by atoms with E-state index < -0.39 is 18.0 Å². The Morgan fingerprint density at radius 2 is 2.00 bits per heavy atom. The molecule has 0 bridgehead atoms. The number of nitrogens with two attached hydrogens (primary N) is 1. The number of nitrogen functional groups attached to an aromatic ring is 1. The van der Waals surface area contributed by atoms with Crippen LogP contribution in [-0.2, 0) is 14.3 Å². The van der Waals surface area contributed by atoms with Gasteiger partial charge in [0.05, 0.1) is 13.7 Å². The fourth-order valence-corrected chi connectivity index (χ4v) is 1.60. The molecule has 1 aromatic rings. The Kier molecular flexibility index (Phi) is 5.83. The molecule has 0 radical (unpaired) electrons. The van der Waals surface area contributed by atoms with Crippen LogP contribution in [0.3, 0.4) is 0 Å². The molecule has 0 amide bonds. The van der Waals surface area contributed by atoms with Crippen LogP contribution >= 0.6 is 0 Å². The van der Waals surface area contributed by atoms with Crippen LogP contribution in [0, 0.1) is 0 Å². The van der Waals surface area contributed by atoms with Gasteiger partial charge in [-0.25, -0.2) is 9.59 Å². The van der Waals surface area contributed by atoms with Gasteiger partial charge in [-0.2, -0.15) is 0 Å². The van der Waals surface area contributed by atoms with Crippen LogP contribution in [-0.4, -0.2) is 31.8 Å². The summed E-state index contributed by atoms with van der Waals surface area (Å²) in [6.45, 7) is 3.66. The molecular weight excluding hydrogens is 262 g/mol. The monoisotopic (exact) mass is 281 g/mol. The zero-order chi connectivity index (χ0) is 15.1. The van der Waals surface area contributed by atoms with Crippen molar-refractivity contribution < 1.29 is 23.8 Å². The molecule has 0 heterocycles. The highest BCUT2D eigenvalue weighted by molar-refractivity contribution is 5.94. The summed E-state index contributed by atoms with van der Waals surface area (Å²) in [5.41, 5.74) is 6.29. The van der Waals surface area contributed by atoms with E-state index in [9.17, 15) is 9.59 Å². The van der Waals surface area contributed by atoms with Crippen molar-refractivity contribution in [3.8, 4) is 5.75 Å². The second-order valence-electron chi connectivity index (χ2n) is 4.01. The number of rotatable bonds is 6. The van der Waals surface area contributed by atoms with E-state index >= 15 is 0 Å². The van der Waals surface area contributed by atoms with Crippen LogP contribution in [0.5, 0.6) is 5.75 Å². The number of carbonyl (C=O) groups excluding carboxylic acids is 2. The van der Waals surface area contributed by atoms with Crippen LogP contribution in [0.2, 0.25) is 0 Å². The first-order valence-corrected chi connectivity index (χ1v) is 6.34. The first-order chi connectivity index (χ1) is 9.53. The molecule has 0 aliphatic carbocycles. The summed E-state index contributed by atoms with van der Waals surface area (Å²) >= 11 is 0. The lowest BCUT2D eigenvalue weighted by atomic mass is 10.2. The van der Waals surface area contributed by atoms with E-state index in [1.54, 1.807) is 19.9 Å². The van der Waals surface area contributed by atoms with Crippen molar-refractivity contribution in [2.45, 2.75) is 26.4 Å². The van der Waals surface area contributed by atoms with E-state index in [2.05, 4.69) is 0 Å². The molecule has 1 atom stereocenters. The molecule has 6 nitrogen and oxygen atoms in total. The summed E-state index contributed by atoms with van der Waals surface area (Å²) in [5.74, 6) is -0.909. The normalized spacial score (nSPS) is 11.6. The fraction of sp³-hybridized carbons (Fsp3) is 0.429. The topological polar surface area (TPSA) is 87.9 Å². The summed E-state index contributed by atoms with van der Waals surface area (Å²) < 4.78 is 15.1. The molecule has 110 valence electrons. The zero-order valence-electron chi connectivity index (χ0n) is 11.8. The Hall–Kier alpha value is -2.24. The number of methoxy groups -OCH3 is 1. The van der Waals surface area contributed by atoms with E-state index in [0.717, 1.165) is 0 Å². The van der Waals surface area contributed by atoms with Crippen LogP contribution in [0.25, 0.3) is 0 Å². The van der Waals surface area contributed by atoms with Crippen LogP contribution in [0.15, 0.2) is 18.2 Å². The molecule has 6 heteroatoms. The maximum Gasteiger partial charge on any atom is 0.347 e. The second-order valence-corrected chi connectivity index (χ2v) is 4.01. The van der Waals surface area contributed by atoms with Crippen molar-refractivity contribution in [2.75, 3.05) is 19.5 Å². The first-order valence-electron chi connectivity index (χ1n) is 6.34. The SMILES string of the molecule is CCOC(=O)C(CC)OC(=O)c1ccc(N)cc1OC. The van der Waals surface area contributed by atoms with Crippen molar-refractivity contribution in [3.05, 3.63) is 23.8 Å². The minimum absolute atomic E-state index is 0.212. The highest BCUT2D eigenvalue weighted by Crippen LogP contribution is 2.23. The Morgan fingerprint density at radius 1 is 1.30 bits per heavy atom. The number of esters is 2. The first kappa shape index (κ1) is 15.8. The van der Waals surface area contributed by atoms with E-state index in [4.69, 9.17) is 19.9 Å². The molecule has 0 aliphatic heterocycles. The summed E-state index contributed by atoms with van der Waals surface area (Å²) in [5, 5.41) is 0. The Labute approximate surface area is 117 Å². The van der Waals surface area contributed by atoms with Crippen LogP contribution in [0.4, 0.5) is 5.69 Å². The van der Waals surface area contributed by atoms with Gasteiger partial charge in [-0.3, -0.25) is 0 Å². The Bertz CT molecular complexity index is 486. The largest absolute Gasteiger partial charge is 0.496 e. The lowest BCUT2D eigenvalue weighted by Gasteiger charge is -2.15. The minimum Gasteiger partial charge on any atom is -0.496 e. The maximum absolute atomic E-state index is 12.1. The molecule has 0 saturated heterocycles. The maximum atomic E-state index is 12.1. The molecule has 20 heavy (non-hydrogen) atoms. The van der Waals surface area contributed by atoms with Gasteiger partial charge in [0.25, 0.3) is 0 Å². The van der Waals surface area contributed by atoms with Crippen LogP contribution < -0.4 is 10.5 Å². The third-order valence-corrected chi connectivity index (χ3v) is 2.62. The Balaban J connectivity index is 2.87. The molecule has 1 unspecified atom stereocenters. The number of anilines is 1. The van der Waals surface area contributed by atoms with Crippen molar-refractivity contribution in [1.29, 1.82) is 0 Å². The summed E-state index contributed by atoms with van der Waals surface area (Å²) in [6.07, 6.45) is -0.591. The summed E-state index contributed by atoms with van der Waals surface area (Å²) in [4.78, 5) is 23.7. The van der Waals surface area contributed by atoms with Crippen molar-refractivity contribution in [1.82, 2.24) is 0 Å². The van der Waals surface area contributed by atoms with Gasteiger partial charge < -0.3 is 19.9 Å². The summed E-state index contributed by atoms with van der Waals surface area (Å²) in [7, 11) is 1.42. The predicted octanol–water partition coefficient (Wildman–Crippen LogP) is 1.78. The number of hydrogen-bond donors (Lipinski definition) is 1. The number of benzene rings is 1. The van der Waals surface area contributed by atoms with Crippen molar-refractivity contribution in [3.63, 3.8) is 0 Å². The van der Waals surface area contributed by atoms with Crippen molar-refractivity contribution >= 4 is 17.6 Å². The molecule has 0 fully saturated rings. The molecule has 0 spiro atoms. The molecular formula is C14H19NO5. The minimum atomic E-state index is -0.926. The zero-order valence-corrected chi connectivity index (χ0v) is 11.8. The average molecular weight is 281 g/mol. The summed E-state index contributed by atoms with van der Waals surface area (Å²) in [6, 6.07) is 4.57. The lowest BCUT2D eigenvalue weighted by molar-refractivity contribution is -0.153. The van der Waals surface area contributed by atoms with Gasteiger partial charge in [0.15, 0.2) is 6.10 Å². The smallest absolute Gasteiger partial charge is 0.347 e. The molecule has 1 aromatic carbocycles. The van der Waals surface area contributed by atoms with E-state index in [-0.39, 0.29) is 12.2 Å². The van der Waals surface area contributed by atoms with E-state index in [0.29, 0.717) is 17.9 Å². The van der Waals surface area contributed by atoms with Gasteiger partial charge in [0, 0.05) is 11.8 Å². The molecule has 0 aliphatic rings. The fourth-order valence-electron chi connectivity index (χ4n) is 1.60. The third-order valence-electron chi connectivity index (χ3n) is 2.62. The molecule has 0 aromatic heterocycles. The van der Waals surface area contributed by atoms with Gasteiger partial charge in [-0.1, -0.05) is 6.92 Å². The number of hydrogen-bond acceptors (Lipinski definition) is 6. The van der Waals surface area contributed by atoms with E-state index in [1.165, 1.54) is 19.2 Å². The molecule has 0 saturated carbocycles. The standard InChI is InChI=1S/C14H19NO5/c1-4-11(14(17)19-5-2)20-13(16)10-7-6-9(15)8-12(10)18-3/h6-8,11H,4-5,15H2,1-3H3. The second kappa shape index (κ2) is 7.37. The van der Waals surface area contributed by atoms with Gasteiger partial charge in [0.2, 0.25) is 0 Å². The van der Waals surface area contributed by atoms with E-state index in [1.807, 2.05) is 0 Å². The Morgan fingerprint density at radius 3 is 2.55 bits per heavy atom. The molecule has 2 N–H and O–H groups in total. The van der Waals surface area contributed by atoms with Crippen molar-refractivity contribution in [2.24, 2.45) is 0 Å². The number of ether oxygens (including phenoxy) is 3. The van der Waals surface area contributed by atoms with Gasteiger partial charge in [-0.15, -0.1) is 0 Å². The lowest BCUT2D eigenvalue weighted by Crippen LogP contribution is -2.28. The van der Waals surface area contributed by atoms with Gasteiger partial charge >= 0.3 is 11.9 Å². The predicted molar refractivity (Wildman–Crippen MR) is 73.5 cm³/mol. The van der Waals surface area contributed by atoms with Crippen LogP contribution in [0.1, 0.15) is 30.6 Å².